The lowest BCUT2D eigenvalue weighted by Gasteiger charge is -2.18. The van der Waals surface area contributed by atoms with Gasteiger partial charge in [0.25, 0.3) is 0 Å². The molecule has 110 valence electrons. The van der Waals surface area contributed by atoms with E-state index in [0.717, 1.165) is 29.8 Å². The van der Waals surface area contributed by atoms with Crippen molar-refractivity contribution < 1.29 is 14.3 Å². The molecule has 2 atom stereocenters. The topological polar surface area (TPSA) is 60.5 Å². The molecule has 1 aliphatic heterocycles. The second-order valence-electron chi connectivity index (χ2n) is 5.34. The van der Waals surface area contributed by atoms with E-state index in [-0.39, 0.29) is 12.4 Å². The molecule has 0 radical (unpaired) electrons. The number of carbonyl (C=O) groups is 1. The van der Waals surface area contributed by atoms with Gasteiger partial charge in [0, 0.05) is 12.0 Å². The molecule has 6 heteroatoms. The molecule has 2 fully saturated rings. The highest BCUT2D eigenvalue weighted by atomic mass is 32.1. The van der Waals surface area contributed by atoms with E-state index in [1.807, 2.05) is 12.3 Å². The number of rotatable bonds is 6. The van der Waals surface area contributed by atoms with Crippen LogP contribution < -0.4 is 5.32 Å². The molecule has 1 aromatic rings. The summed E-state index contributed by atoms with van der Waals surface area (Å²) in [5.41, 5.74) is 0.776. The van der Waals surface area contributed by atoms with Gasteiger partial charge in [-0.3, -0.25) is 4.79 Å². The zero-order valence-corrected chi connectivity index (χ0v) is 12.4. The summed E-state index contributed by atoms with van der Waals surface area (Å²) in [6.45, 7) is 3.06. The molecule has 1 aliphatic carbocycles. The summed E-state index contributed by atoms with van der Waals surface area (Å²) >= 11 is 1.55. The van der Waals surface area contributed by atoms with E-state index in [1.54, 1.807) is 11.3 Å². The van der Waals surface area contributed by atoms with E-state index in [1.165, 1.54) is 12.8 Å². The Bertz CT molecular complexity index is 473. The van der Waals surface area contributed by atoms with E-state index in [4.69, 9.17) is 9.47 Å². The Labute approximate surface area is 122 Å². The Balaban J connectivity index is 1.55. The Morgan fingerprint density at radius 3 is 3.15 bits per heavy atom. The van der Waals surface area contributed by atoms with E-state index in [0.29, 0.717) is 18.8 Å². The van der Waals surface area contributed by atoms with Gasteiger partial charge in [0.1, 0.15) is 0 Å². The third-order valence-corrected chi connectivity index (χ3v) is 4.54. The van der Waals surface area contributed by atoms with Crippen molar-refractivity contribution in [2.24, 2.45) is 5.92 Å². The molecule has 1 saturated heterocycles. The molecule has 1 aromatic heterocycles. The van der Waals surface area contributed by atoms with Gasteiger partial charge >= 0.3 is 5.97 Å². The molecule has 5 nitrogen and oxygen atoms in total. The van der Waals surface area contributed by atoms with Crippen LogP contribution in [0.3, 0.4) is 0 Å². The van der Waals surface area contributed by atoms with Crippen LogP contribution in [0.5, 0.6) is 0 Å². The Morgan fingerprint density at radius 2 is 2.40 bits per heavy atom. The molecule has 20 heavy (non-hydrogen) atoms. The zero-order chi connectivity index (χ0) is 13.9. The van der Waals surface area contributed by atoms with Gasteiger partial charge in [-0.15, -0.1) is 11.3 Å². The van der Waals surface area contributed by atoms with Crippen molar-refractivity contribution in [2.75, 3.05) is 18.5 Å². The second kappa shape index (κ2) is 6.10. The van der Waals surface area contributed by atoms with E-state index in [2.05, 4.69) is 10.3 Å². The van der Waals surface area contributed by atoms with Crippen LogP contribution in [0.1, 0.15) is 31.9 Å². The van der Waals surface area contributed by atoms with Gasteiger partial charge in [-0.1, -0.05) is 0 Å². The van der Waals surface area contributed by atoms with Gasteiger partial charge in [0.2, 0.25) is 0 Å². The largest absolute Gasteiger partial charge is 0.466 e. The first kappa shape index (κ1) is 13.8. The molecule has 2 heterocycles. The van der Waals surface area contributed by atoms with Gasteiger partial charge in [-0.2, -0.15) is 0 Å². The van der Waals surface area contributed by atoms with E-state index < -0.39 is 0 Å². The SMILES string of the molecule is CCOC(=O)Cc1csc(NC2CCOC2C2CC2)n1. The highest BCUT2D eigenvalue weighted by Gasteiger charge is 2.40. The van der Waals surface area contributed by atoms with Gasteiger partial charge in [0.05, 0.1) is 30.9 Å². The van der Waals surface area contributed by atoms with Gasteiger partial charge in [0.15, 0.2) is 5.13 Å². The van der Waals surface area contributed by atoms with E-state index in [9.17, 15) is 4.79 Å². The number of carbonyl (C=O) groups excluding carboxylic acids is 1. The minimum atomic E-state index is -0.218. The van der Waals surface area contributed by atoms with Crippen molar-refractivity contribution in [3.8, 4) is 0 Å². The number of nitrogens with zero attached hydrogens (tertiary/aromatic N) is 1. The molecule has 2 unspecified atom stereocenters. The highest BCUT2D eigenvalue weighted by molar-refractivity contribution is 7.13. The molecule has 0 spiro atoms. The third-order valence-electron chi connectivity index (χ3n) is 3.71. The summed E-state index contributed by atoms with van der Waals surface area (Å²) in [6, 6.07) is 0.365. The summed E-state index contributed by atoms with van der Waals surface area (Å²) in [5.74, 6) is 0.512. The average Bonchev–Trinajstić information content (AvgIpc) is 3.01. The smallest absolute Gasteiger partial charge is 0.311 e. The van der Waals surface area contributed by atoms with Crippen molar-refractivity contribution in [3.63, 3.8) is 0 Å². The molecule has 0 bridgehead atoms. The van der Waals surface area contributed by atoms with Crippen LogP contribution in [0, 0.1) is 5.92 Å². The Morgan fingerprint density at radius 1 is 1.55 bits per heavy atom. The molecule has 1 saturated carbocycles. The first-order chi connectivity index (χ1) is 9.76. The number of esters is 1. The summed E-state index contributed by atoms with van der Waals surface area (Å²) in [7, 11) is 0. The van der Waals surface area contributed by atoms with Crippen molar-refractivity contribution in [1.29, 1.82) is 0 Å². The Kier molecular flexibility index (Phi) is 4.21. The Hall–Kier alpha value is -1.14. The van der Waals surface area contributed by atoms with Crippen molar-refractivity contribution in [1.82, 2.24) is 4.98 Å². The maximum atomic E-state index is 11.4. The van der Waals surface area contributed by atoms with Crippen molar-refractivity contribution in [3.05, 3.63) is 11.1 Å². The number of anilines is 1. The van der Waals surface area contributed by atoms with Crippen LogP contribution in [-0.2, 0) is 20.7 Å². The second-order valence-corrected chi connectivity index (χ2v) is 6.20. The van der Waals surface area contributed by atoms with E-state index >= 15 is 0 Å². The maximum absolute atomic E-state index is 11.4. The fourth-order valence-electron chi connectivity index (χ4n) is 2.63. The van der Waals surface area contributed by atoms with Crippen LogP contribution in [-0.4, -0.2) is 36.3 Å². The van der Waals surface area contributed by atoms with Crippen molar-refractivity contribution in [2.45, 2.75) is 44.8 Å². The molecule has 2 aliphatic rings. The number of hydrogen-bond donors (Lipinski definition) is 1. The molecule has 0 aromatic carbocycles. The highest BCUT2D eigenvalue weighted by Crippen LogP contribution is 2.39. The number of nitrogens with one attached hydrogen (secondary N) is 1. The molecule has 3 rings (SSSR count). The first-order valence-corrected chi connectivity index (χ1v) is 8.12. The van der Waals surface area contributed by atoms with Crippen molar-refractivity contribution >= 4 is 22.4 Å². The predicted molar refractivity (Wildman–Crippen MR) is 76.9 cm³/mol. The molecule has 0 amide bonds. The zero-order valence-electron chi connectivity index (χ0n) is 11.6. The fourth-order valence-corrected chi connectivity index (χ4v) is 3.40. The van der Waals surface area contributed by atoms with Gasteiger partial charge < -0.3 is 14.8 Å². The average molecular weight is 296 g/mol. The van der Waals surface area contributed by atoms with Crippen LogP contribution in [0.15, 0.2) is 5.38 Å². The normalized spacial score (nSPS) is 25.6. The van der Waals surface area contributed by atoms with Gasteiger partial charge in [-0.05, 0) is 32.1 Å². The third kappa shape index (κ3) is 3.30. The fraction of sp³-hybridized carbons (Fsp3) is 0.714. The summed E-state index contributed by atoms with van der Waals surface area (Å²) in [6.07, 6.45) is 4.20. The lowest BCUT2D eigenvalue weighted by atomic mass is 10.1. The van der Waals surface area contributed by atoms with Crippen LogP contribution in [0.4, 0.5) is 5.13 Å². The standard InChI is InChI=1S/C14H20N2O3S/c1-2-18-12(17)7-10-8-20-14(15-10)16-11-5-6-19-13(11)9-3-4-9/h8-9,11,13H,2-7H2,1H3,(H,15,16). The minimum Gasteiger partial charge on any atom is -0.466 e. The quantitative estimate of drug-likeness (QED) is 0.816. The number of thiazole rings is 1. The number of ether oxygens (including phenoxy) is 2. The summed E-state index contributed by atoms with van der Waals surface area (Å²) < 4.78 is 10.7. The molecule has 1 N–H and O–H groups in total. The lowest BCUT2D eigenvalue weighted by molar-refractivity contribution is -0.142. The summed E-state index contributed by atoms with van der Waals surface area (Å²) in [5, 5.41) is 6.27. The molecular weight excluding hydrogens is 276 g/mol. The lowest BCUT2D eigenvalue weighted by Crippen LogP contribution is -2.30. The predicted octanol–water partition coefficient (Wildman–Crippen LogP) is 2.23. The number of aromatic nitrogens is 1. The minimum absolute atomic E-state index is 0.218. The van der Waals surface area contributed by atoms with Gasteiger partial charge in [-0.25, -0.2) is 4.98 Å². The maximum Gasteiger partial charge on any atom is 0.311 e. The molecular formula is C14H20N2O3S. The summed E-state index contributed by atoms with van der Waals surface area (Å²) in [4.78, 5) is 15.9. The monoisotopic (exact) mass is 296 g/mol. The van der Waals surface area contributed by atoms with Crippen LogP contribution >= 0.6 is 11.3 Å². The first-order valence-electron chi connectivity index (χ1n) is 7.24. The van der Waals surface area contributed by atoms with Crippen LogP contribution in [0.25, 0.3) is 0 Å². The number of hydrogen-bond acceptors (Lipinski definition) is 6. The van der Waals surface area contributed by atoms with Crippen LogP contribution in [0.2, 0.25) is 0 Å².